The van der Waals surface area contributed by atoms with Crippen molar-refractivity contribution in [1.82, 2.24) is 10.2 Å². The van der Waals surface area contributed by atoms with E-state index in [1.54, 1.807) is 7.05 Å². The Labute approximate surface area is 126 Å². The number of carbonyl (C=O) groups excluding carboxylic acids is 1. The molecular weight excluding hydrogens is 284 g/mol. The second-order valence-electron chi connectivity index (χ2n) is 5.29. The van der Waals surface area contributed by atoms with Crippen molar-refractivity contribution in [1.29, 1.82) is 5.41 Å². The van der Waals surface area contributed by atoms with Crippen molar-refractivity contribution < 1.29 is 4.79 Å². The maximum absolute atomic E-state index is 12.3. The van der Waals surface area contributed by atoms with Crippen LogP contribution in [0.4, 0.5) is 5.69 Å². The van der Waals surface area contributed by atoms with Crippen molar-refractivity contribution in [3.05, 3.63) is 40.6 Å². The number of nitrogens with zero attached hydrogens (tertiary/aromatic N) is 1. The van der Waals surface area contributed by atoms with Crippen LogP contribution in [0, 0.1) is 5.41 Å². The zero-order chi connectivity index (χ0) is 15.2. The van der Waals surface area contributed by atoms with Crippen LogP contribution in [0.25, 0.3) is 11.1 Å². The third-order valence-electron chi connectivity index (χ3n) is 3.75. The molecule has 0 spiro atoms. The second-order valence-corrected chi connectivity index (χ2v) is 6.20. The molecule has 1 aromatic carbocycles. The first kappa shape index (κ1) is 13.6. The van der Waals surface area contributed by atoms with E-state index >= 15 is 0 Å². The van der Waals surface area contributed by atoms with Crippen LogP contribution in [-0.4, -0.2) is 23.8 Å². The molecule has 0 radical (unpaired) electrons. The molecule has 108 valence electrons. The summed E-state index contributed by atoms with van der Waals surface area (Å²) in [5.74, 6) is 0.00915. The van der Waals surface area contributed by atoms with Crippen LogP contribution in [-0.2, 0) is 10.3 Å². The Balaban J connectivity index is 1.99. The van der Waals surface area contributed by atoms with Crippen LogP contribution in [0.5, 0.6) is 0 Å². The van der Waals surface area contributed by atoms with Crippen LogP contribution in [0.3, 0.4) is 0 Å². The van der Waals surface area contributed by atoms with Gasteiger partial charge in [0.15, 0.2) is 11.5 Å². The topological polar surface area (TPSA) is 82.2 Å². The number of likely N-dealkylation sites (N-methyl/N-ethyl adjacent to an activating group) is 1. The number of anilines is 1. The average molecular weight is 300 g/mol. The molecule has 2 heterocycles. The summed E-state index contributed by atoms with van der Waals surface area (Å²) in [7, 11) is 1.61. The molecule has 1 fully saturated rings. The lowest BCUT2D eigenvalue weighted by Gasteiger charge is -2.19. The fourth-order valence-electron chi connectivity index (χ4n) is 2.45. The smallest absolute Gasteiger partial charge is 0.259 e. The highest BCUT2D eigenvalue weighted by Crippen LogP contribution is 2.36. The van der Waals surface area contributed by atoms with Crippen LogP contribution < -0.4 is 11.1 Å². The number of nitrogens with one attached hydrogen (secondary N) is 2. The number of hydrogen-bond acceptors (Lipinski definition) is 4. The standard InChI is InChI=1S/C15H16N4OS/c1-15(13(20)19(2)14(17)18-15)12-7-10(8-21-12)9-4-3-5-11(16)6-9/h3-8H,16H2,1-2H3,(H2,17,18). The van der Waals surface area contributed by atoms with Crippen molar-refractivity contribution in [3.8, 4) is 11.1 Å². The van der Waals surface area contributed by atoms with E-state index in [1.165, 1.54) is 16.2 Å². The molecule has 1 aliphatic rings. The molecule has 2 aromatic rings. The van der Waals surface area contributed by atoms with Gasteiger partial charge in [0.2, 0.25) is 0 Å². The normalized spacial score (nSPS) is 21.7. The quantitative estimate of drug-likeness (QED) is 0.744. The SMILES string of the molecule is CN1C(=N)NC(C)(c2cc(-c3cccc(N)c3)cs2)C1=O. The van der Waals surface area contributed by atoms with Gasteiger partial charge in [-0.05, 0) is 41.6 Å². The van der Waals surface area contributed by atoms with Gasteiger partial charge < -0.3 is 11.1 Å². The van der Waals surface area contributed by atoms with E-state index in [2.05, 4.69) is 5.32 Å². The molecule has 0 saturated carbocycles. The van der Waals surface area contributed by atoms with Crippen molar-refractivity contribution in [2.45, 2.75) is 12.5 Å². The fourth-order valence-corrected chi connectivity index (χ4v) is 3.47. The summed E-state index contributed by atoms with van der Waals surface area (Å²) in [4.78, 5) is 14.6. The summed E-state index contributed by atoms with van der Waals surface area (Å²) in [6.45, 7) is 1.81. The third kappa shape index (κ3) is 2.08. The van der Waals surface area contributed by atoms with E-state index < -0.39 is 5.54 Å². The Morgan fingerprint density at radius 3 is 2.71 bits per heavy atom. The van der Waals surface area contributed by atoms with E-state index in [9.17, 15) is 4.79 Å². The van der Waals surface area contributed by atoms with Crippen molar-refractivity contribution in [2.24, 2.45) is 0 Å². The molecule has 1 atom stereocenters. The molecule has 3 rings (SSSR count). The average Bonchev–Trinajstić information content (AvgIpc) is 3.01. The van der Waals surface area contributed by atoms with Crippen molar-refractivity contribution >= 4 is 28.9 Å². The molecule has 1 aromatic heterocycles. The minimum Gasteiger partial charge on any atom is -0.399 e. The minimum absolute atomic E-state index is 0.117. The molecular formula is C15H16N4OS. The van der Waals surface area contributed by atoms with E-state index in [4.69, 9.17) is 11.1 Å². The summed E-state index contributed by atoms with van der Waals surface area (Å²) in [6.07, 6.45) is 0. The van der Waals surface area contributed by atoms with Crippen molar-refractivity contribution in [2.75, 3.05) is 12.8 Å². The highest BCUT2D eigenvalue weighted by atomic mass is 32.1. The summed E-state index contributed by atoms with van der Waals surface area (Å²) in [5, 5.41) is 12.7. The third-order valence-corrected chi connectivity index (χ3v) is 4.90. The lowest BCUT2D eigenvalue weighted by molar-refractivity contribution is -0.129. The summed E-state index contributed by atoms with van der Waals surface area (Å²) < 4.78 is 0. The molecule has 1 saturated heterocycles. The highest BCUT2D eigenvalue weighted by molar-refractivity contribution is 7.10. The van der Waals surface area contributed by atoms with Gasteiger partial charge in [-0.3, -0.25) is 15.1 Å². The van der Waals surface area contributed by atoms with E-state index in [0.29, 0.717) is 5.69 Å². The maximum atomic E-state index is 12.3. The van der Waals surface area contributed by atoms with Crippen LogP contribution in [0.2, 0.25) is 0 Å². The Bertz CT molecular complexity index is 739. The molecule has 21 heavy (non-hydrogen) atoms. The number of amides is 1. The molecule has 4 N–H and O–H groups in total. The van der Waals surface area contributed by atoms with Crippen LogP contribution in [0.15, 0.2) is 35.7 Å². The van der Waals surface area contributed by atoms with Gasteiger partial charge in [0.1, 0.15) is 0 Å². The predicted molar refractivity (Wildman–Crippen MR) is 85.2 cm³/mol. The largest absolute Gasteiger partial charge is 0.399 e. The highest BCUT2D eigenvalue weighted by Gasteiger charge is 2.46. The number of nitrogens with two attached hydrogens (primary N) is 1. The monoisotopic (exact) mass is 300 g/mol. The number of thiophene rings is 1. The van der Waals surface area contributed by atoms with E-state index in [0.717, 1.165) is 16.0 Å². The molecule has 0 aliphatic carbocycles. The van der Waals surface area contributed by atoms with E-state index in [1.807, 2.05) is 42.6 Å². The minimum atomic E-state index is -0.866. The maximum Gasteiger partial charge on any atom is 0.259 e. The molecule has 1 unspecified atom stereocenters. The first-order valence-electron chi connectivity index (χ1n) is 6.51. The molecule has 0 bridgehead atoms. The van der Waals surface area contributed by atoms with Crippen LogP contribution >= 0.6 is 11.3 Å². The number of benzene rings is 1. The molecule has 1 amide bonds. The Kier molecular flexibility index (Phi) is 2.98. The van der Waals surface area contributed by atoms with E-state index in [-0.39, 0.29) is 11.9 Å². The van der Waals surface area contributed by atoms with Gasteiger partial charge in [0.25, 0.3) is 5.91 Å². The van der Waals surface area contributed by atoms with Gasteiger partial charge >= 0.3 is 0 Å². The van der Waals surface area contributed by atoms with Gasteiger partial charge in [-0.1, -0.05) is 12.1 Å². The van der Waals surface area contributed by atoms with Gasteiger partial charge in [-0.25, -0.2) is 0 Å². The zero-order valence-corrected chi connectivity index (χ0v) is 12.6. The molecule has 1 aliphatic heterocycles. The summed E-state index contributed by atoms with van der Waals surface area (Å²) >= 11 is 1.51. The van der Waals surface area contributed by atoms with Gasteiger partial charge in [-0.2, -0.15) is 0 Å². The molecule has 6 heteroatoms. The van der Waals surface area contributed by atoms with Gasteiger partial charge in [-0.15, -0.1) is 11.3 Å². The number of guanidine groups is 1. The fraction of sp³-hybridized carbons (Fsp3) is 0.200. The van der Waals surface area contributed by atoms with Crippen molar-refractivity contribution in [3.63, 3.8) is 0 Å². The van der Waals surface area contributed by atoms with Gasteiger partial charge in [0, 0.05) is 17.6 Å². The van der Waals surface area contributed by atoms with Crippen LogP contribution in [0.1, 0.15) is 11.8 Å². The number of carbonyl (C=O) groups is 1. The number of hydrogen-bond donors (Lipinski definition) is 3. The first-order chi connectivity index (χ1) is 9.91. The summed E-state index contributed by atoms with van der Waals surface area (Å²) in [6, 6.07) is 9.63. The Morgan fingerprint density at radius 1 is 1.33 bits per heavy atom. The lowest BCUT2D eigenvalue weighted by Crippen LogP contribution is -2.39. The lowest BCUT2D eigenvalue weighted by atomic mass is 9.98. The summed E-state index contributed by atoms with van der Waals surface area (Å²) in [5.41, 5.74) is 7.71. The Morgan fingerprint density at radius 2 is 2.10 bits per heavy atom. The second kappa shape index (κ2) is 4.60. The molecule has 5 nitrogen and oxygen atoms in total. The Hall–Kier alpha value is -2.34. The van der Waals surface area contributed by atoms with Gasteiger partial charge in [0.05, 0.1) is 0 Å². The number of rotatable bonds is 2. The number of nitrogen functional groups attached to an aromatic ring is 1. The zero-order valence-electron chi connectivity index (χ0n) is 11.8. The first-order valence-corrected chi connectivity index (χ1v) is 7.39. The predicted octanol–water partition coefficient (Wildman–Crippen LogP) is 2.21.